The summed E-state index contributed by atoms with van der Waals surface area (Å²) in [6.07, 6.45) is 2.40. The first kappa shape index (κ1) is 19.3. The smallest absolute Gasteiger partial charge is 0.272 e. The van der Waals surface area contributed by atoms with E-state index in [2.05, 4.69) is 15.4 Å². The molecule has 8 heteroatoms. The van der Waals surface area contributed by atoms with Crippen molar-refractivity contribution in [3.63, 3.8) is 0 Å². The second-order valence-corrected chi connectivity index (χ2v) is 7.39. The van der Waals surface area contributed by atoms with Gasteiger partial charge in [0.15, 0.2) is 5.65 Å². The van der Waals surface area contributed by atoms with E-state index in [-0.39, 0.29) is 17.3 Å². The molecule has 2 atom stereocenters. The third-order valence-corrected chi connectivity index (χ3v) is 5.11. The summed E-state index contributed by atoms with van der Waals surface area (Å²) in [4.78, 5) is 29.6. The number of ether oxygens (including phenoxy) is 1. The summed E-state index contributed by atoms with van der Waals surface area (Å²) in [7, 11) is 0. The van der Waals surface area contributed by atoms with Gasteiger partial charge in [0.1, 0.15) is 11.9 Å². The van der Waals surface area contributed by atoms with E-state index in [4.69, 9.17) is 4.74 Å². The Kier molecular flexibility index (Phi) is 5.44. The van der Waals surface area contributed by atoms with Crippen LogP contribution in [0.25, 0.3) is 5.65 Å². The summed E-state index contributed by atoms with van der Waals surface area (Å²) in [6.45, 7) is 2.42. The van der Waals surface area contributed by atoms with E-state index in [1.807, 2.05) is 6.92 Å². The number of benzene rings is 1. The minimum absolute atomic E-state index is 0.200. The van der Waals surface area contributed by atoms with Gasteiger partial charge in [0.25, 0.3) is 5.56 Å². The van der Waals surface area contributed by atoms with E-state index in [1.54, 1.807) is 18.2 Å². The highest BCUT2D eigenvalue weighted by Crippen LogP contribution is 2.20. The number of aromatic nitrogens is 3. The molecule has 1 aromatic carbocycles. The molecule has 0 aliphatic carbocycles. The Balaban J connectivity index is 1.62. The standard InChI is InChI=1S/C21H23FN4O3/c1-13-10-19-23-16(12-20(27)26(19)25-13)11-17(14-5-7-15(22)8-6-14)24-21(28)18-4-2-3-9-29-18/h5-8,10,12,17-18,25H,2-4,9,11H2,1H3,(H,24,28). The normalized spacial score (nSPS) is 17.9. The number of fused-ring (bicyclic) bond motifs is 1. The summed E-state index contributed by atoms with van der Waals surface area (Å²) in [5.41, 5.74) is 2.41. The van der Waals surface area contributed by atoms with Gasteiger partial charge in [-0.2, -0.15) is 0 Å². The monoisotopic (exact) mass is 398 g/mol. The van der Waals surface area contributed by atoms with E-state index in [9.17, 15) is 14.0 Å². The van der Waals surface area contributed by atoms with E-state index in [0.29, 0.717) is 30.8 Å². The lowest BCUT2D eigenvalue weighted by Crippen LogP contribution is -2.41. The van der Waals surface area contributed by atoms with Crippen LogP contribution in [0.1, 0.15) is 42.3 Å². The number of carbonyl (C=O) groups excluding carboxylic acids is 1. The van der Waals surface area contributed by atoms with Gasteiger partial charge in [-0.3, -0.25) is 14.7 Å². The first-order valence-corrected chi connectivity index (χ1v) is 9.75. The van der Waals surface area contributed by atoms with Crippen LogP contribution >= 0.6 is 0 Å². The maximum Gasteiger partial charge on any atom is 0.272 e. The molecule has 7 nitrogen and oxygen atoms in total. The Labute approximate surface area is 166 Å². The van der Waals surface area contributed by atoms with E-state index >= 15 is 0 Å². The highest BCUT2D eigenvalue weighted by Gasteiger charge is 2.25. The zero-order valence-electron chi connectivity index (χ0n) is 16.2. The third kappa shape index (κ3) is 4.37. The Morgan fingerprint density at radius 2 is 2.14 bits per heavy atom. The molecule has 1 amide bonds. The highest BCUT2D eigenvalue weighted by atomic mass is 19.1. The lowest BCUT2D eigenvalue weighted by molar-refractivity contribution is -0.136. The maximum atomic E-state index is 13.4. The number of halogens is 1. The minimum atomic E-state index is -0.486. The fourth-order valence-electron chi connectivity index (χ4n) is 3.63. The van der Waals surface area contributed by atoms with Gasteiger partial charge in [-0.15, -0.1) is 0 Å². The molecule has 0 spiro atoms. The molecular formula is C21H23FN4O3. The number of hydrogen-bond acceptors (Lipinski definition) is 4. The number of hydrogen-bond donors (Lipinski definition) is 2. The fraction of sp³-hybridized carbons (Fsp3) is 0.381. The van der Waals surface area contributed by atoms with Crippen molar-refractivity contribution in [2.45, 2.75) is 44.8 Å². The Morgan fingerprint density at radius 1 is 1.34 bits per heavy atom. The van der Waals surface area contributed by atoms with Gasteiger partial charge in [0, 0.05) is 30.9 Å². The predicted molar refractivity (Wildman–Crippen MR) is 105 cm³/mol. The number of aromatic amines is 1. The van der Waals surface area contributed by atoms with Crippen molar-refractivity contribution in [1.82, 2.24) is 19.9 Å². The molecule has 4 rings (SSSR count). The van der Waals surface area contributed by atoms with Crippen LogP contribution in [0.5, 0.6) is 0 Å². The number of aryl methyl sites for hydroxylation is 1. The molecule has 0 saturated carbocycles. The van der Waals surface area contributed by atoms with Gasteiger partial charge in [-0.1, -0.05) is 12.1 Å². The van der Waals surface area contributed by atoms with Gasteiger partial charge in [0.05, 0.1) is 11.7 Å². The second kappa shape index (κ2) is 8.16. The molecule has 1 fully saturated rings. The quantitative estimate of drug-likeness (QED) is 0.691. The Hall–Kier alpha value is -3.00. The van der Waals surface area contributed by atoms with Crippen molar-refractivity contribution in [2.24, 2.45) is 0 Å². The van der Waals surface area contributed by atoms with E-state index in [0.717, 1.165) is 24.1 Å². The van der Waals surface area contributed by atoms with E-state index < -0.39 is 12.1 Å². The van der Waals surface area contributed by atoms with Gasteiger partial charge in [0.2, 0.25) is 5.91 Å². The van der Waals surface area contributed by atoms with Crippen LogP contribution in [0.3, 0.4) is 0 Å². The van der Waals surface area contributed by atoms with Crippen LogP contribution in [-0.2, 0) is 16.0 Å². The molecule has 2 N–H and O–H groups in total. The number of nitrogens with one attached hydrogen (secondary N) is 2. The van der Waals surface area contributed by atoms with Gasteiger partial charge < -0.3 is 10.1 Å². The lowest BCUT2D eigenvalue weighted by atomic mass is 10.0. The average molecular weight is 398 g/mol. The van der Waals surface area contributed by atoms with Gasteiger partial charge >= 0.3 is 0 Å². The van der Waals surface area contributed by atoms with Crippen LogP contribution in [0.2, 0.25) is 0 Å². The highest BCUT2D eigenvalue weighted by molar-refractivity contribution is 5.81. The number of rotatable bonds is 5. The number of amides is 1. The fourth-order valence-corrected chi connectivity index (χ4v) is 3.63. The Morgan fingerprint density at radius 3 is 2.86 bits per heavy atom. The zero-order chi connectivity index (χ0) is 20.4. The molecule has 1 aliphatic heterocycles. The summed E-state index contributed by atoms with van der Waals surface area (Å²) < 4.78 is 20.3. The summed E-state index contributed by atoms with van der Waals surface area (Å²) in [5, 5.41) is 5.93. The maximum absolute atomic E-state index is 13.4. The first-order valence-electron chi connectivity index (χ1n) is 9.75. The van der Waals surface area contributed by atoms with Crippen LogP contribution in [0.15, 0.2) is 41.2 Å². The van der Waals surface area contributed by atoms with Gasteiger partial charge in [-0.25, -0.2) is 13.9 Å². The summed E-state index contributed by atoms with van der Waals surface area (Å²) >= 11 is 0. The van der Waals surface area contributed by atoms with Crippen molar-refractivity contribution in [1.29, 1.82) is 0 Å². The molecule has 152 valence electrons. The largest absolute Gasteiger partial charge is 0.368 e. The summed E-state index contributed by atoms with van der Waals surface area (Å²) in [5.74, 6) is -0.552. The average Bonchev–Trinajstić information content (AvgIpc) is 3.09. The van der Waals surface area contributed by atoms with Crippen LogP contribution in [0, 0.1) is 12.7 Å². The minimum Gasteiger partial charge on any atom is -0.368 e. The molecule has 3 heterocycles. The van der Waals surface area contributed by atoms with Crippen LogP contribution < -0.4 is 10.9 Å². The molecule has 0 bridgehead atoms. The van der Waals surface area contributed by atoms with Gasteiger partial charge in [-0.05, 0) is 43.9 Å². The van der Waals surface area contributed by atoms with Crippen molar-refractivity contribution < 1.29 is 13.9 Å². The van der Waals surface area contributed by atoms with Crippen molar-refractivity contribution in [2.75, 3.05) is 6.61 Å². The second-order valence-electron chi connectivity index (χ2n) is 7.39. The molecule has 1 saturated heterocycles. The number of carbonyl (C=O) groups is 1. The Bertz CT molecular complexity index is 1070. The molecule has 0 radical (unpaired) electrons. The molecule has 2 aromatic heterocycles. The predicted octanol–water partition coefficient (Wildman–Crippen LogP) is 2.44. The molecule has 29 heavy (non-hydrogen) atoms. The summed E-state index contributed by atoms with van der Waals surface area (Å²) in [6, 6.07) is 8.75. The topological polar surface area (TPSA) is 88.5 Å². The van der Waals surface area contributed by atoms with Crippen molar-refractivity contribution >= 4 is 11.6 Å². The third-order valence-electron chi connectivity index (χ3n) is 5.11. The molecule has 1 aliphatic rings. The lowest BCUT2D eigenvalue weighted by Gasteiger charge is -2.25. The van der Waals surface area contributed by atoms with Crippen molar-refractivity contribution in [3.8, 4) is 0 Å². The number of H-pyrrole nitrogens is 1. The first-order chi connectivity index (χ1) is 14.0. The van der Waals surface area contributed by atoms with Crippen LogP contribution in [0.4, 0.5) is 4.39 Å². The molecular weight excluding hydrogens is 375 g/mol. The van der Waals surface area contributed by atoms with Crippen molar-refractivity contribution in [3.05, 3.63) is 69.5 Å². The van der Waals surface area contributed by atoms with Crippen LogP contribution in [-0.4, -0.2) is 33.2 Å². The SMILES string of the molecule is Cc1cc2nc(CC(NC(=O)C3CCCCO3)c3ccc(F)cc3)cc(=O)n2[nH]1. The zero-order valence-corrected chi connectivity index (χ0v) is 16.2. The molecule has 2 unspecified atom stereocenters. The van der Waals surface area contributed by atoms with E-state index in [1.165, 1.54) is 22.7 Å². The number of nitrogens with zero attached hydrogens (tertiary/aromatic N) is 2. The molecule has 3 aromatic rings.